The molecule has 0 radical (unpaired) electrons. The number of halogens is 3. The number of sulfonamides is 1. The third kappa shape index (κ3) is 7.53. The first-order valence-corrected chi connectivity index (χ1v) is 11.1. The van der Waals surface area contributed by atoms with Crippen molar-refractivity contribution in [3.05, 3.63) is 94.6 Å². The fourth-order valence-corrected chi connectivity index (χ4v) is 4.36. The van der Waals surface area contributed by atoms with Gasteiger partial charge in [0.05, 0.1) is 11.3 Å². The molecule has 0 aliphatic rings. The van der Waals surface area contributed by atoms with Crippen molar-refractivity contribution < 1.29 is 82.9 Å². The van der Waals surface area contributed by atoms with Crippen LogP contribution in [0.2, 0.25) is 0 Å². The average molecular weight is 531 g/mol. The summed E-state index contributed by atoms with van der Waals surface area (Å²) in [7, 11) is -4.13. The Morgan fingerprint density at radius 3 is 2.26 bits per heavy atom. The summed E-state index contributed by atoms with van der Waals surface area (Å²) in [5.74, 6) is -7.51. The van der Waals surface area contributed by atoms with Gasteiger partial charge in [-0.25, -0.2) is 21.6 Å². The van der Waals surface area contributed by atoms with Crippen molar-refractivity contribution in [2.24, 2.45) is 5.73 Å². The maximum absolute atomic E-state index is 13.8. The summed E-state index contributed by atoms with van der Waals surface area (Å²) in [6.45, 7) is 0. The van der Waals surface area contributed by atoms with Crippen LogP contribution in [0.1, 0.15) is 23.5 Å². The zero-order valence-electron chi connectivity index (χ0n) is 18.3. The van der Waals surface area contributed by atoms with Gasteiger partial charge in [-0.15, -0.1) is 0 Å². The van der Waals surface area contributed by atoms with E-state index in [0.29, 0.717) is 12.1 Å². The number of nitrogens with two attached hydrogens (primary N) is 1. The Hall–Kier alpha value is -2.42. The van der Waals surface area contributed by atoms with E-state index >= 15 is 0 Å². The number of benzene rings is 3. The summed E-state index contributed by atoms with van der Waals surface area (Å²) in [5.41, 5.74) is 5.50. The number of carbonyl (C=O) groups is 1. The monoisotopic (exact) mass is 530 g/mol. The number of nitrogens with one attached hydrogen (secondary N) is 2. The zero-order chi connectivity index (χ0) is 25.0. The van der Waals surface area contributed by atoms with Crippen molar-refractivity contribution in [1.29, 1.82) is 5.41 Å². The normalized spacial score (nSPS) is 11.7. The van der Waals surface area contributed by atoms with Gasteiger partial charge >= 0.3 is 57.4 Å². The van der Waals surface area contributed by atoms with E-state index in [1.165, 1.54) is 48.5 Å². The Labute approximate surface area is 241 Å². The number of rotatable bonds is 8. The largest absolute Gasteiger partial charge is 1.00 e. The van der Waals surface area contributed by atoms with Gasteiger partial charge in [0.1, 0.15) is 0 Å². The molecule has 0 aromatic heterocycles. The quantitative estimate of drug-likeness (QED) is 0.151. The number of nitrogens with zero attached hydrogens (tertiary/aromatic N) is 1. The minimum Gasteiger partial charge on any atom is -0.481 e. The van der Waals surface area contributed by atoms with Crippen LogP contribution >= 0.6 is 0 Å². The molecule has 0 amide bonds. The summed E-state index contributed by atoms with van der Waals surface area (Å²) in [4.78, 5) is 11.2. The van der Waals surface area contributed by atoms with E-state index in [0.717, 1.165) is 0 Å². The van der Waals surface area contributed by atoms with Crippen LogP contribution in [0.25, 0.3) is 5.32 Å². The summed E-state index contributed by atoms with van der Waals surface area (Å²) < 4.78 is 68.9. The number of guanidine groups is 1. The fraction of sp³-hybridized carbons (Fsp3) is 0.0909. The van der Waals surface area contributed by atoms with Crippen LogP contribution < -0.4 is 61.8 Å². The summed E-state index contributed by atoms with van der Waals surface area (Å²) in [6.07, 6.45) is -0.588. The second-order valence-corrected chi connectivity index (χ2v) is 8.86. The van der Waals surface area contributed by atoms with Crippen molar-refractivity contribution in [3.63, 3.8) is 0 Å². The number of hydrogen-bond acceptors (Lipinski definition) is 4. The second-order valence-electron chi connectivity index (χ2n) is 7.17. The molecule has 0 heterocycles. The molecule has 3 aromatic rings. The first-order chi connectivity index (χ1) is 16.0. The molecular weight excluding hydrogens is 512 g/mol. The van der Waals surface area contributed by atoms with Gasteiger partial charge in [0.25, 0.3) is 10.0 Å². The molecule has 1 atom stereocenters. The van der Waals surface area contributed by atoms with E-state index in [2.05, 4.69) is 10.0 Å². The van der Waals surface area contributed by atoms with E-state index in [1.807, 2.05) is 0 Å². The van der Waals surface area contributed by atoms with Gasteiger partial charge in [-0.1, -0.05) is 24.3 Å². The SMILES string of the molecule is N=C(N)[N-]c1cccc(S(=O)(=O)Nc2cccc(C(CC(=O)O)c3cc(F)c(F)c(F)c3)c2)c1.[K+]. The van der Waals surface area contributed by atoms with Crippen LogP contribution in [-0.4, -0.2) is 25.5 Å². The molecule has 5 N–H and O–H groups in total. The first kappa shape index (κ1) is 28.8. The van der Waals surface area contributed by atoms with E-state index in [-0.39, 0.29) is 78.8 Å². The van der Waals surface area contributed by atoms with Crippen LogP contribution in [0.15, 0.2) is 65.6 Å². The van der Waals surface area contributed by atoms with Gasteiger partial charge in [-0.05, 0) is 53.2 Å². The Morgan fingerprint density at radius 2 is 1.66 bits per heavy atom. The molecule has 0 fully saturated rings. The smallest absolute Gasteiger partial charge is 0.481 e. The van der Waals surface area contributed by atoms with Gasteiger partial charge in [0.15, 0.2) is 17.5 Å². The van der Waals surface area contributed by atoms with Gasteiger partial charge < -0.3 is 21.6 Å². The second kappa shape index (κ2) is 12.0. The maximum Gasteiger partial charge on any atom is 1.00 e. The van der Waals surface area contributed by atoms with Gasteiger partial charge in [-0.2, -0.15) is 0 Å². The Bertz CT molecular complexity index is 1350. The molecule has 13 heteroatoms. The molecule has 35 heavy (non-hydrogen) atoms. The molecule has 0 aliphatic heterocycles. The Balaban J connectivity index is 0.00000432. The molecule has 0 spiro atoms. The summed E-state index contributed by atoms with van der Waals surface area (Å²) >= 11 is 0. The summed E-state index contributed by atoms with van der Waals surface area (Å²) in [5, 5.41) is 20.2. The van der Waals surface area contributed by atoms with Crippen molar-refractivity contribution in [2.75, 3.05) is 4.72 Å². The van der Waals surface area contributed by atoms with Gasteiger partial charge in [0.2, 0.25) is 0 Å². The van der Waals surface area contributed by atoms with Gasteiger partial charge in [0, 0.05) is 17.6 Å². The minimum absolute atomic E-state index is 0. The predicted octanol–water partition coefficient (Wildman–Crippen LogP) is 1.41. The van der Waals surface area contributed by atoms with E-state index in [9.17, 15) is 31.5 Å². The number of aliphatic carboxylic acids is 1. The van der Waals surface area contributed by atoms with E-state index in [1.54, 1.807) is 0 Å². The molecule has 3 rings (SSSR count). The third-order valence-corrected chi connectivity index (χ3v) is 6.08. The van der Waals surface area contributed by atoms with Crippen LogP contribution in [-0.2, 0) is 14.8 Å². The molecule has 1 unspecified atom stereocenters. The summed E-state index contributed by atoms with van der Waals surface area (Å²) in [6, 6.07) is 12.4. The maximum atomic E-state index is 13.8. The zero-order valence-corrected chi connectivity index (χ0v) is 22.2. The number of anilines is 1. The van der Waals surface area contributed by atoms with Crippen LogP contribution in [0.5, 0.6) is 0 Å². The van der Waals surface area contributed by atoms with E-state index in [4.69, 9.17) is 11.1 Å². The fourth-order valence-electron chi connectivity index (χ4n) is 3.27. The van der Waals surface area contributed by atoms with Crippen LogP contribution in [0, 0.1) is 22.9 Å². The van der Waals surface area contributed by atoms with Crippen molar-refractivity contribution in [2.45, 2.75) is 17.2 Å². The van der Waals surface area contributed by atoms with E-state index < -0.39 is 51.7 Å². The van der Waals surface area contributed by atoms with Gasteiger partial charge in [-0.3, -0.25) is 9.52 Å². The predicted molar refractivity (Wildman–Crippen MR) is 119 cm³/mol. The molecule has 0 saturated heterocycles. The first-order valence-electron chi connectivity index (χ1n) is 9.61. The topological polar surface area (TPSA) is 147 Å². The molecule has 0 saturated carbocycles. The molecule has 3 aromatic carbocycles. The standard InChI is InChI=1S/C22H19F3N4O4S.K/c23-18-8-13(9-19(24)21(18)25)17(11-20(30)31)12-3-1-5-15(7-12)29-34(32,33)16-6-2-4-14(10-16)28-22(26)27;/h1-10,17,29H,11H2,(H5,26,27,28,30,31);/q;+1/p-1. The molecule has 8 nitrogen and oxygen atoms in total. The van der Waals surface area contributed by atoms with Crippen LogP contribution in [0.3, 0.4) is 0 Å². The number of hydrogen-bond donors (Lipinski definition) is 4. The number of carboxylic acids is 1. The number of carboxylic acid groups (broad SMARTS) is 1. The average Bonchev–Trinajstić information content (AvgIpc) is 2.75. The third-order valence-electron chi connectivity index (χ3n) is 4.71. The Morgan fingerprint density at radius 1 is 1.03 bits per heavy atom. The molecule has 178 valence electrons. The molecular formula is C22H18F3KN4O4S. The van der Waals surface area contributed by atoms with Crippen molar-refractivity contribution in [3.8, 4) is 0 Å². The minimum atomic E-state index is -4.13. The molecule has 0 aliphatic carbocycles. The van der Waals surface area contributed by atoms with Crippen molar-refractivity contribution in [1.82, 2.24) is 0 Å². The van der Waals surface area contributed by atoms with Crippen molar-refractivity contribution >= 4 is 33.3 Å². The molecule has 0 bridgehead atoms. The Kier molecular flexibility index (Phi) is 9.89. The van der Waals surface area contributed by atoms with Crippen LogP contribution in [0.4, 0.5) is 24.5 Å².